The number of nitrogens with zero attached hydrogens (tertiary/aromatic N) is 1. The van der Waals surface area contributed by atoms with Crippen molar-refractivity contribution in [3.8, 4) is 0 Å². The van der Waals surface area contributed by atoms with Crippen LogP contribution in [-0.2, 0) is 0 Å². The van der Waals surface area contributed by atoms with E-state index in [0.717, 1.165) is 0 Å². The van der Waals surface area contributed by atoms with Crippen molar-refractivity contribution >= 4 is 7.94 Å². The molecule has 0 amide bonds. The third-order valence-electron chi connectivity index (χ3n) is 1.15. The van der Waals surface area contributed by atoms with Crippen LogP contribution in [0.5, 0.6) is 0 Å². The molecule has 0 unspecified atom stereocenters. The Hall–Kier alpha value is -0.250. The minimum absolute atomic E-state index is 0.356. The maximum Gasteiger partial charge on any atom is 0.129 e. The maximum absolute atomic E-state index is 10.5. The molecule has 0 spiro atoms. The topological polar surface area (TPSA) is 69.6 Å². The van der Waals surface area contributed by atoms with Crippen molar-refractivity contribution in [1.82, 2.24) is 4.90 Å². The van der Waals surface area contributed by atoms with Crippen molar-refractivity contribution in [2.24, 2.45) is 0 Å². The van der Waals surface area contributed by atoms with Crippen molar-refractivity contribution < 1.29 is 14.7 Å². The fourth-order valence-corrected chi connectivity index (χ4v) is 1.54. The van der Waals surface area contributed by atoms with E-state index in [1.807, 2.05) is 0 Å². The standard InChI is InChI=1S/C7H14NO3P/c1-3-5-8(6-4-2)7-12(9,10)11/h3-4H,1-2,5-7H2,(H2,9,10,11)/p-1. The number of rotatable bonds is 6. The molecule has 0 atom stereocenters. The summed E-state index contributed by atoms with van der Waals surface area (Å²) in [6.07, 6.45) is 2.78. The predicted octanol–water partition coefficient (Wildman–Crippen LogP) is -0.907. The monoisotopic (exact) mass is 190 g/mol. The van der Waals surface area contributed by atoms with Crippen LogP contribution >= 0.6 is 7.94 Å². The van der Waals surface area contributed by atoms with E-state index in [9.17, 15) is 9.79 Å². The van der Waals surface area contributed by atoms with Crippen LogP contribution in [0.4, 0.5) is 0 Å². The van der Waals surface area contributed by atoms with Crippen LogP contribution in [0.15, 0.2) is 25.3 Å². The molecule has 0 aromatic heterocycles. The van der Waals surface area contributed by atoms with E-state index >= 15 is 0 Å². The second-order valence-electron chi connectivity index (χ2n) is 2.39. The van der Waals surface area contributed by atoms with Gasteiger partial charge in [0.05, 0.1) is 7.94 Å². The van der Waals surface area contributed by atoms with Gasteiger partial charge in [0.15, 0.2) is 0 Å². The Kier molecular flexibility index (Phi) is 5.29. The molecule has 0 saturated carbocycles. The summed E-state index contributed by atoms with van der Waals surface area (Å²) < 4.78 is 0. The lowest BCUT2D eigenvalue weighted by molar-refractivity contribution is -0.333. The fraction of sp³-hybridized carbons (Fsp3) is 0.429. The van der Waals surface area contributed by atoms with Crippen molar-refractivity contribution in [1.29, 1.82) is 0 Å². The minimum atomic E-state index is -4.20. The molecule has 70 valence electrons. The third-order valence-corrected chi connectivity index (χ3v) is 1.91. The lowest BCUT2D eigenvalue weighted by atomic mass is 10.5. The maximum atomic E-state index is 10.5. The first-order chi connectivity index (χ1) is 5.49. The van der Waals surface area contributed by atoms with E-state index in [0.29, 0.717) is 13.1 Å². The number of hydrogen-bond donors (Lipinski definition) is 1. The van der Waals surface area contributed by atoms with E-state index in [-0.39, 0.29) is 6.29 Å². The molecule has 0 aliphatic heterocycles. The van der Waals surface area contributed by atoms with Crippen LogP contribution < -0.4 is 9.79 Å². The average molecular weight is 190 g/mol. The fourth-order valence-electron chi connectivity index (χ4n) is 0.808. The molecule has 0 heterocycles. The molecule has 0 aromatic rings. The van der Waals surface area contributed by atoms with Gasteiger partial charge in [-0.1, -0.05) is 12.2 Å². The Labute approximate surface area is 73.0 Å². The normalized spacial score (nSPS) is 11.7. The van der Waals surface area contributed by atoms with E-state index in [1.165, 1.54) is 4.90 Å². The summed E-state index contributed by atoms with van der Waals surface area (Å²) in [6.45, 7) is 7.76. The zero-order valence-corrected chi connectivity index (χ0v) is 7.74. The second kappa shape index (κ2) is 5.41. The molecule has 0 aliphatic carbocycles. The summed E-state index contributed by atoms with van der Waals surface area (Å²) >= 11 is 0. The highest BCUT2D eigenvalue weighted by Crippen LogP contribution is 2.33. The first-order valence-corrected chi connectivity index (χ1v) is 5.23. The van der Waals surface area contributed by atoms with Crippen LogP contribution in [-0.4, -0.2) is 29.2 Å². The summed E-state index contributed by atoms with van der Waals surface area (Å²) in [5.74, 6) is 0. The first kappa shape index (κ1) is 11.8. The molecule has 5 heteroatoms. The molecule has 0 rings (SSSR count). The Bertz CT molecular complexity index is 145. The molecule has 0 bridgehead atoms. The van der Waals surface area contributed by atoms with E-state index in [2.05, 4.69) is 13.2 Å². The lowest BCUT2D eigenvalue weighted by Gasteiger charge is -2.32. The SMILES string of the molecule is C=CCN(CC=C)C[P+]([O-])([O-])O. The second-order valence-corrected chi connectivity index (χ2v) is 3.95. The van der Waals surface area contributed by atoms with Crippen molar-refractivity contribution in [3.63, 3.8) is 0 Å². The predicted molar refractivity (Wildman–Crippen MR) is 46.0 cm³/mol. The average Bonchev–Trinajstić information content (AvgIpc) is 1.84. The zero-order chi connectivity index (χ0) is 9.61. The highest BCUT2D eigenvalue weighted by molar-refractivity contribution is 7.55. The van der Waals surface area contributed by atoms with Gasteiger partial charge in [0.1, 0.15) is 6.29 Å². The summed E-state index contributed by atoms with van der Waals surface area (Å²) in [7, 11) is -4.20. The Morgan fingerprint density at radius 3 is 1.92 bits per heavy atom. The molecule has 1 N–H and O–H groups in total. The van der Waals surface area contributed by atoms with Crippen molar-refractivity contribution in [2.45, 2.75) is 0 Å². The molecule has 0 fully saturated rings. The molecule has 0 saturated heterocycles. The van der Waals surface area contributed by atoms with Gasteiger partial charge in [-0.2, -0.15) is 0 Å². The summed E-state index contributed by atoms with van der Waals surface area (Å²) in [6, 6.07) is 0. The van der Waals surface area contributed by atoms with Crippen molar-refractivity contribution in [2.75, 3.05) is 19.4 Å². The van der Waals surface area contributed by atoms with Crippen LogP contribution in [0.2, 0.25) is 0 Å². The Balaban J connectivity index is 3.93. The van der Waals surface area contributed by atoms with Gasteiger partial charge in [-0.3, -0.25) is 9.79 Å². The molecule has 0 aliphatic rings. The minimum Gasteiger partial charge on any atom is -0.659 e. The van der Waals surface area contributed by atoms with Gasteiger partial charge >= 0.3 is 0 Å². The van der Waals surface area contributed by atoms with E-state index < -0.39 is 7.94 Å². The van der Waals surface area contributed by atoms with Gasteiger partial charge < -0.3 is 9.79 Å². The molecule has 0 radical (unpaired) electrons. The highest BCUT2D eigenvalue weighted by atomic mass is 31.2. The van der Waals surface area contributed by atoms with Crippen molar-refractivity contribution in [3.05, 3.63) is 25.3 Å². The van der Waals surface area contributed by atoms with Crippen LogP contribution in [0, 0.1) is 0 Å². The molecular weight excluding hydrogens is 177 g/mol. The van der Waals surface area contributed by atoms with Crippen LogP contribution in [0.3, 0.4) is 0 Å². The van der Waals surface area contributed by atoms with Gasteiger partial charge in [-0.05, 0) is 0 Å². The van der Waals surface area contributed by atoms with Gasteiger partial charge in [-0.25, -0.2) is 0 Å². The number of hydrogen-bond acceptors (Lipinski definition) is 4. The smallest absolute Gasteiger partial charge is 0.129 e. The van der Waals surface area contributed by atoms with Gasteiger partial charge in [0, 0.05) is 13.1 Å². The molecular formula is C7H13NO3P-. The van der Waals surface area contributed by atoms with E-state index in [1.54, 1.807) is 12.2 Å². The zero-order valence-electron chi connectivity index (χ0n) is 6.85. The summed E-state index contributed by atoms with van der Waals surface area (Å²) in [5, 5.41) is 0. The molecule has 12 heavy (non-hydrogen) atoms. The van der Waals surface area contributed by atoms with E-state index in [4.69, 9.17) is 4.89 Å². The summed E-state index contributed by atoms with van der Waals surface area (Å²) in [5.41, 5.74) is 0. The first-order valence-electron chi connectivity index (χ1n) is 3.46. The molecule has 4 nitrogen and oxygen atoms in total. The molecule has 0 aromatic carbocycles. The van der Waals surface area contributed by atoms with Gasteiger partial charge in [0.2, 0.25) is 0 Å². The lowest BCUT2D eigenvalue weighted by Crippen LogP contribution is -2.35. The van der Waals surface area contributed by atoms with Crippen LogP contribution in [0.25, 0.3) is 0 Å². The summed E-state index contributed by atoms with van der Waals surface area (Å²) in [4.78, 5) is 31.0. The Morgan fingerprint density at radius 2 is 1.67 bits per heavy atom. The van der Waals surface area contributed by atoms with Gasteiger partial charge in [-0.15, -0.1) is 13.2 Å². The largest absolute Gasteiger partial charge is 0.659 e. The highest BCUT2D eigenvalue weighted by Gasteiger charge is 2.12. The Morgan fingerprint density at radius 1 is 1.25 bits per heavy atom. The third kappa shape index (κ3) is 6.46. The quantitative estimate of drug-likeness (QED) is 0.435. The van der Waals surface area contributed by atoms with Gasteiger partial charge in [0.25, 0.3) is 0 Å². The van der Waals surface area contributed by atoms with Crippen LogP contribution in [0.1, 0.15) is 0 Å².